The number of rotatable bonds is 6. The molecule has 28 heavy (non-hydrogen) atoms. The van der Waals surface area contributed by atoms with Crippen LogP contribution in [-0.4, -0.2) is 26.4 Å². The van der Waals surface area contributed by atoms with Crippen LogP contribution in [-0.2, 0) is 24.2 Å². The van der Waals surface area contributed by atoms with Gasteiger partial charge >= 0.3 is 0 Å². The topological polar surface area (TPSA) is 59.8 Å². The van der Waals surface area contributed by atoms with E-state index in [0.717, 1.165) is 41.6 Å². The van der Waals surface area contributed by atoms with Gasteiger partial charge in [-0.05, 0) is 62.4 Å². The van der Waals surface area contributed by atoms with Crippen molar-refractivity contribution in [1.82, 2.24) is 14.8 Å². The lowest BCUT2D eigenvalue weighted by Gasteiger charge is -2.09. The molecule has 0 radical (unpaired) electrons. The van der Waals surface area contributed by atoms with Gasteiger partial charge in [-0.2, -0.15) is 0 Å². The third-order valence-electron chi connectivity index (χ3n) is 5.02. The minimum absolute atomic E-state index is 0.0225. The summed E-state index contributed by atoms with van der Waals surface area (Å²) >= 11 is 1.42. The monoisotopic (exact) mass is 392 g/mol. The van der Waals surface area contributed by atoms with E-state index < -0.39 is 0 Å². The SMILES string of the molecule is CCn1c(SCC(=O)Nc2ccc3c(c2)CCC3)nnc1-c1cccc(C)c1. The zero-order chi connectivity index (χ0) is 19.5. The summed E-state index contributed by atoms with van der Waals surface area (Å²) in [4.78, 5) is 12.4. The molecule has 2 aromatic carbocycles. The van der Waals surface area contributed by atoms with Crippen LogP contribution in [0.4, 0.5) is 5.69 Å². The Hall–Kier alpha value is -2.60. The highest BCUT2D eigenvalue weighted by Gasteiger charge is 2.16. The van der Waals surface area contributed by atoms with Crippen molar-refractivity contribution in [2.75, 3.05) is 11.1 Å². The van der Waals surface area contributed by atoms with Crippen molar-refractivity contribution in [1.29, 1.82) is 0 Å². The van der Waals surface area contributed by atoms with Gasteiger partial charge in [0.1, 0.15) is 0 Å². The predicted molar refractivity (Wildman–Crippen MR) is 114 cm³/mol. The van der Waals surface area contributed by atoms with E-state index in [-0.39, 0.29) is 5.91 Å². The van der Waals surface area contributed by atoms with Gasteiger partial charge in [0.15, 0.2) is 11.0 Å². The lowest BCUT2D eigenvalue weighted by molar-refractivity contribution is -0.113. The zero-order valence-corrected chi connectivity index (χ0v) is 17.1. The fourth-order valence-electron chi connectivity index (χ4n) is 3.65. The first-order valence-corrected chi connectivity index (χ1v) is 10.7. The summed E-state index contributed by atoms with van der Waals surface area (Å²) in [5.41, 5.74) is 5.88. The van der Waals surface area contributed by atoms with Gasteiger partial charge in [0.2, 0.25) is 5.91 Å². The third-order valence-corrected chi connectivity index (χ3v) is 5.99. The number of amides is 1. The van der Waals surface area contributed by atoms with Crippen molar-refractivity contribution in [2.45, 2.75) is 44.8 Å². The largest absolute Gasteiger partial charge is 0.325 e. The zero-order valence-electron chi connectivity index (χ0n) is 16.2. The van der Waals surface area contributed by atoms with Gasteiger partial charge in [-0.15, -0.1) is 10.2 Å². The first-order chi connectivity index (χ1) is 13.6. The number of aryl methyl sites for hydroxylation is 3. The van der Waals surface area contributed by atoms with Crippen LogP contribution in [0.3, 0.4) is 0 Å². The molecule has 0 saturated carbocycles. The third kappa shape index (κ3) is 3.97. The second kappa shape index (κ2) is 8.19. The molecule has 1 heterocycles. The van der Waals surface area contributed by atoms with E-state index in [2.05, 4.69) is 58.2 Å². The van der Waals surface area contributed by atoms with E-state index >= 15 is 0 Å². The molecule has 0 unspecified atom stereocenters. The minimum atomic E-state index is -0.0225. The number of aromatic nitrogens is 3. The number of nitrogens with one attached hydrogen (secondary N) is 1. The number of benzene rings is 2. The van der Waals surface area contributed by atoms with E-state index in [4.69, 9.17) is 0 Å². The Balaban J connectivity index is 1.42. The smallest absolute Gasteiger partial charge is 0.234 e. The maximum absolute atomic E-state index is 12.4. The number of fused-ring (bicyclic) bond motifs is 1. The van der Waals surface area contributed by atoms with Crippen LogP contribution in [0.5, 0.6) is 0 Å². The van der Waals surface area contributed by atoms with Crippen LogP contribution in [0.25, 0.3) is 11.4 Å². The number of thioether (sulfide) groups is 1. The van der Waals surface area contributed by atoms with Gasteiger partial charge in [-0.3, -0.25) is 4.79 Å². The molecule has 1 N–H and O–H groups in total. The van der Waals surface area contributed by atoms with Gasteiger partial charge in [-0.1, -0.05) is 41.6 Å². The van der Waals surface area contributed by atoms with Gasteiger partial charge in [0, 0.05) is 17.8 Å². The molecule has 1 aromatic heterocycles. The molecule has 0 atom stereocenters. The van der Waals surface area contributed by atoms with Crippen LogP contribution in [0.2, 0.25) is 0 Å². The summed E-state index contributed by atoms with van der Waals surface area (Å²) in [5, 5.41) is 12.5. The molecule has 1 amide bonds. The van der Waals surface area contributed by atoms with Crippen molar-refractivity contribution >= 4 is 23.4 Å². The standard InChI is InChI=1S/C22H24N4OS/c1-3-26-21(18-9-4-6-15(2)12-18)24-25-22(26)28-14-20(27)23-19-11-10-16-7-5-8-17(16)13-19/h4,6,9-13H,3,5,7-8,14H2,1-2H3,(H,23,27). The summed E-state index contributed by atoms with van der Waals surface area (Å²) < 4.78 is 2.06. The lowest BCUT2D eigenvalue weighted by atomic mass is 10.1. The molecule has 0 aliphatic heterocycles. The Bertz CT molecular complexity index is 1010. The van der Waals surface area contributed by atoms with Crippen LogP contribution in [0.15, 0.2) is 47.6 Å². The first kappa shape index (κ1) is 18.7. The normalized spacial score (nSPS) is 12.8. The molecule has 0 saturated heterocycles. The van der Waals surface area contributed by atoms with E-state index in [1.54, 1.807) is 0 Å². The summed E-state index contributed by atoms with van der Waals surface area (Å²) in [6, 6.07) is 14.5. The maximum atomic E-state index is 12.4. The van der Waals surface area contributed by atoms with Gasteiger partial charge in [-0.25, -0.2) is 0 Å². The Morgan fingerprint density at radius 1 is 1.14 bits per heavy atom. The molecule has 3 aromatic rings. The average Bonchev–Trinajstić information content (AvgIpc) is 3.32. The molecular formula is C22H24N4OS. The lowest BCUT2D eigenvalue weighted by Crippen LogP contribution is -2.14. The minimum Gasteiger partial charge on any atom is -0.325 e. The molecule has 6 heteroatoms. The highest BCUT2D eigenvalue weighted by molar-refractivity contribution is 7.99. The first-order valence-electron chi connectivity index (χ1n) is 9.68. The van der Waals surface area contributed by atoms with E-state index in [9.17, 15) is 4.79 Å². The van der Waals surface area contributed by atoms with E-state index in [1.165, 1.54) is 34.9 Å². The average molecular weight is 393 g/mol. The Morgan fingerprint density at radius 2 is 2.00 bits per heavy atom. The van der Waals surface area contributed by atoms with Crippen molar-refractivity contribution < 1.29 is 4.79 Å². The number of carbonyl (C=O) groups excluding carboxylic acids is 1. The quantitative estimate of drug-likeness (QED) is 0.628. The molecule has 4 rings (SSSR count). The molecule has 5 nitrogen and oxygen atoms in total. The van der Waals surface area contributed by atoms with E-state index in [1.807, 2.05) is 18.2 Å². The number of hydrogen-bond donors (Lipinski definition) is 1. The fraction of sp³-hybridized carbons (Fsp3) is 0.318. The molecule has 1 aliphatic carbocycles. The van der Waals surface area contributed by atoms with E-state index in [0.29, 0.717) is 5.75 Å². The molecular weight excluding hydrogens is 368 g/mol. The van der Waals surface area contributed by atoms with Crippen LogP contribution in [0, 0.1) is 6.92 Å². The van der Waals surface area contributed by atoms with Crippen LogP contribution >= 0.6 is 11.8 Å². The van der Waals surface area contributed by atoms with Crippen LogP contribution < -0.4 is 5.32 Å². The van der Waals surface area contributed by atoms with Gasteiger partial charge < -0.3 is 9.88 Å². The number of nitrogens with zero attached hydrogens (tertiary/aromatic N) is 3. The molecule has 1 aliphatic rings. The highest BCUT2D eigenvalue weighted by atomic mass is 32.2. The number of carbonyl (C=O) groups is 1. The van der Waals surface area contributed by atoms with Gasteiger partial charge in [0.25, 0.3) is 0 Å². The summed E-state index contributed by atoms with van der Waals surface area (Å²) in [6.45, 7) is 4.89. The van der Waals surface area contributed by atoms with Crippen molar-refractivity contribution in [3.63, 3.8) is 0 Å². The molecule has 144 valence electrons. The summed E-state index contributed by atoms with van der Waals surface area (Å²) in [7, 11) is 0. The number of hydrogen-bond acceptors (Lipinski definition) is 4. The Labute approximate surface area is 169 Å². The Morgan fingerprint density at radius 3 is 2.82 bits per heavy atom. The second-order valence-electron chi connectivity index (χ2n) is 7.09. The van der Waals surface area contributed by atoms with Crippen LogP contribution in [0.1, 0.15) is 30.0 Å². The van der Waals surface area contributed by atoms with Crippen molar-refractivity contribution in [3.05, 3.63) is 59.2 Å². The maximum Gasteiger partial charge on any atom is 0.234 e. The number of anilines is 1. The highest BCUT2D eigenvalue weighted by Crippen LogP contribution is 2.26. The second-order valence-corrected chi connectivity index (χ2v) is 8.04. The van der Waals surface area contributed by atoms with Gasteiger partial charge in [0.05, 0.1) is 5.75 Å². The van der Waals surface area contributed by atoms with Crippen molar-refractivity contribution in [2.24, 2.45) is 0 Å². The Kier molecular flexibility index (Phi) is 5.48. The summed E-state index contributed by atoms with van der Waals surface area (Å²) in [6.07, 6.45) is 3.46. The molecule has 0 spiro atoms. The fourth-order valence-corrected chi connectivity index (χ4v) is 4.46. The predicted octanol–water partition coefficient (Wildman–Crippen LogP) is 4.49. The molecule has 0 fully saturated rings. The summed E-state index contributed by atoms with van der Waals surface area (Å²) in [5.74, 6) is 1.13. The molecule has 0 bridgehead atoms. The van der Waals surface area contributed by atoms with Crippen molar-refractivity contribution in [3.8, 4) is 11.4 Å².